The molecule has 8 heteroatoms. The highest BCUT2D eigenvalue weighted by Crippen LogP contribution is 2.40. The molecule has 1 N–H and O–H groups in total. The van der Waals surface area contributed by atoms with Gasteiger partial charge >= 0.3 is 6.18 Å². The zero-order chi connectivity index (χ0) is 17.1. The molecule has 23 heavy (non-hydrogen) atoms. The van der Waals surface area contributed by atoms with Crippen LogP contribution in [0, 0.1) is 0 Å². The van der Waals surface area contributed by atoms with Crippen molar-refractivity contribution >= 4 is 11.6 Å². The van der Waals surface area contributed by atoms with Gasteiger partial charge in [-0.1, -0.05) is 0 Å². The molecular weight excluding hydrogens is 313 g/mol. The van der Waals surface area contributed by atoms with Crippen LogP contribution in [-0.4, -0.2) is 55.9 Å². The maximum Gasteiger partial charge on any atom is 0.419 e. The highest BCUT2D eigenvalue weighted by Gasteiger charge is 2.62. The number of methoxy groups -OCH3 is 1. The van der Waals surface area contributed by atoms with Gasteiger partial charge in [0.25, 0.3) is 0 Å². The fourth-order valence-corrected chi connectivity index (χ4v) is 2.42. The van der Waals surface area contributed by atoms with E-state index in [9.17, 15) is 18.0 Å². The van der Waals surface area contributed by atoms with E-state index in [1.165, 1.54) is 4.90 Å². The van der Waals surface area contributed by atoms with Crippen molar-refractivity contribution in [2.75, 3.05) is 38.7 Å². The van der Waals surface area contributed by atoms with E-state index < -0.39 is 11.8 Å². The zero-order valence-corrected chi connectivity index (χ0v) is 12.9. The number of ether oxygens (including phenoxy) is 2. The Kier molecular flexibility index (Phi) is 5.16. The number of nitrogens with zero attached hydrogens (tertiary/aromatic N) is 1. The fraction of sp³-hybridized carbons (Fsp3) is 0.533. The van der Waals surface area contributed by atoms with Gasteiger partial charge in [0.05, 0.1) is 13.2 Å². The van der Waals surface area contributed by atoms with Gasteiger partial charge in [-0.25, -0.2) is 0 Å². The second-order valence-corrected chi connectivity index (χ2v) is 5.35. The van der Waals surface area contributed by atoms with Gasteiger partial charge < -0.3 is 14.8 Å². The Hall–Kier alpha value is -1.80. The Morgan fingerprint density at radius 2 is 1.91 bits per heavy atom. The van der Waals surface area contributed by atoms with Crippen molar-refractivity contribution in [2.24, 2.45) is 0 Å². The van der Waals surface area contributed by atoms with E-state index in [1.54, 1.807) is 24.3 Å². The Morgan fingerprint density at radius 1 is 1.30 bits per heavy atom. The van der Waals surface area contributed by atoms with E-state index in [-0.39, 0.29) is 25.5 Å². The molecule has 1 aromatic rings. The first-order chi connectivity index (χ1) is 10.8. The number of rotatable bonds is 6. The lowest BCUT2D eigenvalue weighted by molar-refractivity contribution is -0.309. The summed E-state index contributed by atoms with van der Waals surface area (Å²) in [7, 11) is 1.03. The number of nitrogens with one attached hydrogen (secondary N) is 1. The summed E-state index contributed by atoms with van der Waals surface area (Å²) in [6.07, 6.45) is -4.44. The van der Waals surface area contributed by atoms with Crippen LogP contribution in [0.25, 0.3) is 0 Å². The third kappa shape index (κ3) is 3.94. The summed E-state index contributed by atoms with van der Waals surface area (Å²) in [5.41, 5.74) is -1.60. The predicted octanol–water partition coefficient (Wildman–Crippen LogP) is 2.29. The lowest BCUT2D eigenvalue weighted by Gasteiger charge is -2.49. The summed E-state index contributed by atoms with van der Waals surface area (Å²) in [6, 6.07) is 6.77. The Balaban J connectivity index is 1.82. The van der Waals surface area contributed by atoms with Crippen LogP contribution in [0.15, 0.2) is 24.3 Å². The molecule has 1 fully saturated rings. The molecule has 0 radical (unpaired) electrons. The maximum atomic E-state index is 12.9. The molecule has 1 heterocycles. The largest absolute Gasteiger partial charge is 0.494 e. The van der Waals surface area contributed by atoms with Crippen molar-refractivity contribution < 1.29 is 27.4 Å². The lowest BCUT2D eigenvalue weighted by Crippen LogP contribution is -2.70. The van der Waals surface area contributed by atoms with Gasteiger partial charge in [-0.05, 0) is 31.2 Å². The Bertz CT molecular complexity index is 540. The standard InChI is InChI=1S/C15H19F3N2O3/c1-3-23-12-6-4-11(5-7-12)19-13(21)8-20-9-14(10-20,22-2)15(16,17)18/h4-7H,3,8-10H2,1-2H3,(H,19,21). The molecule has 0 aromatic heterocycles. The number of halogens is 3. The SMILES string of the molecule is CCOc1ccc(NC(=O)CN2CC(OC)(C(F)(F)F)C2)cc1. The van der Waals surface area contributed by atoms with Crippen LogP contribution >= 0.6 is 0 Å². The molecule has 0 bridgehead atoms. The number of alkyl halides is 3. The van der Waals surface area contributed by atoms with Crippen LogP contribution in [0.3, 0.4) is 0 Å². The van der Waals surface area contributed by atoms with E-state index in [4.69, 9.17) is 4.74 Å². The van der Waals surface area contributed by atoms with Crippen molar-refractivity contribution in [2.45, 2.75) is 18.7 Å². The monoisotopic (exact) mass is 332 g/mol. The summed E-state index contributed by atoms with van der Waals surface area (Å²) >= 11 is 0. The van der Waals surface area contributed by atoms with Crippen LogP contribution < -0.4 is 10.1 Å². The second-order valence-electron chi connectivity index (χ2n) is 5.35. The first-order valence-corrected chi connectivity index (χ1v) is 7.16. The minimum atomic E-state index is -4.44. The third-order valence-corrected chi connectivity index (χ3v) is 3.68. The molecule has 128 valence electrons. The lowest BCUT2D eigenvalue weighted by atomic mass is 9.93. The van der Waals surface area contributed by atoms with E-state index in [2.05, 4.69) is 10.1 Å². The number of carbonyl (C=O) groups excluding carboxylic acids is 1. The summed E-state index contributed by atoms with van der Waals surface area (Å²) in [5, 5.41) is 2.64. The highest BCUT2D eigenvalue weighted by molar-refractivity contribution is 5.92. The number of hydrogen-bond acceptors (Lipinski definition) is 4. The molecule has 1 aliphatic heterocycles. The van der Waals surface area contributed by atoms with Crippen LogP contribution in [0.5, 0.6) is 5.75 Å². The van der Waals surface area contributed by atoms with Gasteiger partial charge in [0, 0.05) is 25.9 Å². The molecule has 0 aliphatic carbocycles. The van der Waals surface area contributed by atoms with Gasteiger partial charge in [-0.2, -0.15) is 13.2 Å². The van der Waals surface area contributed by atoms with Crippen LogP contribution in [0.1, 0.15) is 6.92 Å². The number of amides is 1. The molecule has 1 saturated heterocycles. The average Bonchev–Trinajstić information content (AvgIpc) is 2.43. The molecule has 5 nitrogen and oxygen atoms in total. The summed E-state index contributed by atoms with van der Waals surface area (Å²) in [5.74, 6) is 0.310. The number of benzene rings is 1. The molecular formula is C15H19F3N2O3. The molecule has 0 saturated carbocycles. The van der Waals surface area contributed by atoms with E-state index in [0.717, 1.165) is 7.11 Å². The Labute approximate surface area is 132 Å². The van der Waals surface area contributed by atoms with Crippen LogP contribution in [-0.2, 0) is 9.53 Å². The van der Waals surface area contributed by atoms with Crippen molar-refractivity contribution in [3.05, 3.63) is 24.3 Å². The molecule has 1 amide bonds. The first-order valence-electron chi connectivity index (χ1n) is 7.16. The number of likely N-dealkylation sites (tertiary alicyclic amines) is 1. The Morgan fingerprint density at radius 3 is 2.39 bits per heavy atom. The smallest absolute Gasteiger partial charge is 0.419 e. The number of hydrogen-bond donors (Lipinski definition) is 1. The van der Waals surface area contributed by atoms with Gasteiger partial charge in [0.15, 0.2) is 5.60 Å². The topological polar surface area (TPSA) is 50.8 Å². The van der Waals surface area contributed by atoms with Crippen LogP contribution in [0.2, 0.25) is 0 Å². The normalized spacial score (nSPS) is 17.4. The number of carbonyl (C=O) groups is 1. The molecule has 1 aromatic carbocycles. The molecule has 0 atom stereocenters. The van der Waals surface area contributed by atoms with Crippen LogP contribution in [0.4, 0.5) is 18.9 Å². The fourth-order valence-electron chi connectivity index (χ4n) is 2.42. The first kappa shape index (κ1) is 17.6. The van der Waals surface area contributed by atoms with Crippen molar-refractivity contribution in [3.8, 4) is 5.75 Å². The molecule has 1 aliphatic rings. The van der Waals surface area contributed by atoms with E-state index in [0.29, 0.717) is 18.0 Å². The quantitative estimate of drug-likeness (QED) is 0.868. The van der Waals surface area contributed by atoms with Crippen molar-refractivity contribution in [1.82, 2.24) is 4.90 Å². The van der Waals surface area contributed by atoms with Gasteiger partial charge in [-0.3, -0.25) is 9.69 Å². The molecule has 2 rings (SSSR count). The van der Waals surface area contributed by atoms with E-state index in [1.807, 2.05) is 6.92 Å². The predicted molar refractivity (Wildman–Crippen MR) is 78.5 cm³/mol. The second kappa shape index (κ2) is 6.76. The number of anilines is 1. The summed E-state index contributed by atoms with van der Waals surface area (Å²) < 4.78 is 48.4. The highest BCUT2D eigenvalue weighted by atomic mass is 19.4. The summed E-state index contributed by atoms with van der Waals surface area (Å²) in [6.45, 7) is 1.60. The van der Waals surface area contributed by atoms with Crippen molar-refractivity contribution in [1.29, 1.82) is 0 Å². The van der Waals surface area contributed by atoms with Crippen molar-refractivity contribution in [3.63, 3.8) is 0 Å². The molecule has 0 spiro atoms. The van der Waals surface area contributed by atoms with Gasteiger partial charge in [0.2, 0.25) is 5.91 Å². The van der Waals surface area contributed by atoms with E-state index >= 15 is 0 Å². The molecule has 0 unspecified atom stereocenters. The van der Waals surface area contributed by atoms with Gasteiger partial charge in [0.1, 0.15) is 5.75 Å². The summed E-state index contributed by atoms with van der Waals surface area (Å²) in [4.78, 5) is 13.3. The minimum Gasteiger partial charge on any atom is -0.494 e. The zero-order valence-electron chi connectivity index (χ0n) is 12.9. The maximum absolute atomic E-state index is 12.9. The average molecular weight is 332 g/mol. The van der Waals surface area contributed by atoms with Gasteiger partial charge in [-0.15, -0.1) is 0 Å². The third-order valence-electron chi connectivity index (χ3n) is 3.68. The minimum absolute atomic E-state index is 0.117.